The monoisotopic (exact) mass is 477 g/mol. The topological polar surface area (TPSA) is 136 Å². The number of nitrogens with zero attached hydrogens (tertiary/aromatic N) is 7. The van der Waals surface area contributed by atoms with E-state index in [0.29, 0.717) is 13.1 Å². The van der Waals surface area contributed by atoms with Crippen molar-refractivity contribution in [2.24, 2.45) is 5.11 Å². The Kier molecular flexibility index (Phi) is 5.95. The van der Waals surface area contributed by atoms with Gasteiger partial charge in [-0.05, 0) is 36.9 Å². The molecular weight excluding hydrogens is 446 g/mol. The van der Waals surface area contributed by atoms with E-state index in [-0.39, 0.29) is 27.2 Å². The van der Waals surface area contributed by atoms with Crippen LogP contribution in [0.25, 0.3) is 10.4 Å². The SMILES string of the molecule is CCC1(N=[N+]=[N-])CN(C2(CC)CN(C3(CC)CN(S(=O)(=O)c4ccc([N+](=O)[O-])cc4)C3)C2)C1. The molecule has 0 bridgehead atoms. The molecule has 1 aromatic carbocycles. The predicted octanol–water partition coefficient (Wildman–Crippen LogP) is 2.99. The molecule has 0 aromatic heterocycles. The van der Waals surface area contributed by atoms with E-state index in [1.807, 2.05) is 0 Å². The Labute approximate surface area is 194 Å². The number of likely N-dealkylation sites (tertiary alicyclic amines) is 2. The summed E-state index contributed by atoms with van der Waals surface area (Å²) in [6.45, 7) is 10.5. The van der Waals surface area contributed by atoms with Crippen molar-refractivity contribution in [2.75, 3.05) is 39.3 Å². The number of hydrogen-bond acceptors (Lipinski definition) is 7. The van der Waals surface area contributed by atoms with Gasteiger partial charge in [0, 0.05) is 67.4 Å². The maximum absolute atomic E-state index is 13.0. The summed E-state index contributed by atoms with van der Waals surface area (Å²) < 4.78 is 27.5. The summed E-state index contributed by atoms with van der Waals surface area (Å²) >= 11 is 0. The second kappa shape index (κ2) is 8.21. The van der Waals surface area contributed by atoms with E-state index in [4.69, 9.17) is 5.53 Å². The lowest BCUT2D eigenvalue weighted by atomic mass is 9.73. The molecule has 0 N–H and O–H groups in total. The Morgan fingerprint density at radius 2 is 1.48 bits per heavy atom. The minimum atomic E-state index is -3.69. The Morgan fingerprint density at radius 3 is 1.94 bits per heavy atom. The minimum Gasteiger partial charge on any atom is -0.294 e. The first-order chi connectivity index (χ1) is 15.6. The van der Waals surface area contributed by atoms with Crippen LogP contribution in [0.5, 0.6) is 0 Å². The third kappa shape index (κ3) is 3.70. The van der Waals surface area contributed by atoms with E-state index in [9.17, 15) is 18.5 Å². The fourth-order valence-corrected chi connectivity index (χ4v) is 7.01. The summed E-state index contributed by atoms with van der Waals surface area (Å²) in [7, 11) is -3.69. The summed E-state index contributed by atoms with van der Waals surface area (Å²) in [4.78, 5) is 18.3. The molecule has 3 aliphatic rings. The van der Waals surface area contributed by atoms with Crippen LogP contribution < -0.4 is 0 Å². The molecule has 0 saturated carbocycles. The van der Waals surface area contributed by atoms with Gasteiger partial charge < -0.3 is 0 Å². The number of non-ortho nitro benzene ring substituents is 1. The molecule has 0 aliphatic carbocycles. The van der Waals surface area contributed by atoms with Crippen LogP contribution >= 0.6 is 0 Å². The largest absolute Gasteiger partial charge is 0.294 e. The number of nitro groups is 1. The number of nitro benzene ring substituents is 1. The van der Waals surface area contributed by atoms with Crippen LogP contribution in [0.2, 0.25) is 0 Å². The average molecular weight is 478 g/mol. The van der Waals surface area contributed by atoms with Gasteiger partial charge in [-0.1, -0.05) is 25.9 Å². The fraction of sp³-hybridized carbons (Fsp3) is 0.714. The molecular formula is C21H31N7O4S. The summed E-state index contributed by atoms with van der Waals surface area (Å²) in [5.41, 5.74) is 8.32. The Balaban J connectivity index is 1.41. The van der Waals surface area contributed by atoms with E-state index < -0.39 is 14.9 Å². The van der Waals surface area contributed by atoms with Gasteiger partial charge in [0.2, 0.25) is 10.0 Å². The highest BCUT2D eigenvalue weighted by atomic mass is 32.2. The van der Waals surface area contributed by atoms with Gasteiger partial charge in [-0.25, -0.2) is 8.42 Å². The molecule has 3 saturated heterocycles. The number of sulfonamides is 1. The molecule has 1 aromatic rings. The summed E-state index contributed by atoms with van der Waals surface area (Å²) in [5.74, 6) is 0. The highest BCUT2D eigenvalue weighted by Gasteiger charge is 2.61. The molecule has 180 valence electrons. The van der Waals surface area contributed by atoms with Crippen molar-refractivity contribution in [3.05, 3.63) is 44.8 Å². The highest BCUT2D eigenvalue weighted by molar-refractivity contribution is 7.89. The zero-order chi connectivity index (χ0) is 24.1. The first-order valence-electron chi connectivity index (χ1n) is 11.4. The Bertz CT molecular complexity index is 1070. The van der Waals surface area contributed by atoms with E-state index in [2.05, 4.69) is 40.6 Å². The highest BCUT2D eigenvalue weighted by Crippen LogP contribution is 2.46. The zero-order valence-corrected chi connectivity index (χ0v) is 20.2. The zero-order valence-electron chi connectivity index (χ0n) is 19.3. The van der Waals surface area contributed by atoms with Crippen molar-refractivity contribution < 1.29 is 13.3 Å². The molecule has 3 fully saturated rings. The third-order valence-corrected chi connectivity index (χ3v) is 9.95. The fourth-order valence-electron chi connectivity index (χ4n) is 5.42. The third-order valence-electron chi connectivity index (χ3n) is 8.14. The lowest BCUT2D eigenvalue weighted by molar-refractivity contribution is -0.384. The van der Waals surface area contributed by atoms with E-state index >= 15 is 0 Å². The molecule has 0 spiro atoms. The van der Waals surface area contributed by atoms with Gasteiger partial charge in [-0.2, -0.15) is 4.31 Å². The molecule has 12 heteroatoms. The average Bonchev–Trinajstić information content (AvgIpc) is 2.72. The van der Waals surface area contributed by atoms with Gasteiger partial charge in [-0.3, -0.25) is 19.9 Å². The number of azide groups is 1. The lowest BCUT2D eigenvalue weighted by Crippen LogP contribution is -2.84. The minimum absolute atomic E-state index is 0.0451. The molecule has 11 nitrogen and oxygen atoms in total. The van der Waals surface area contributed by atoms with Crippen molar-refractivity contribution in [3.63, 3.8) is 0 Å². The van der Waals surface area contributed by atoms with Crippen LogP contribution in [0, 0.1) is 10.1 Å². The van der Waals surface area contributed by atoms with Crippen molar-refractivity contribution in [3.8, 4) is 0 Å². The molecule has 0 atom stereocenters. The van der Waals surface area contributed by atoms with Gasteiger partial charge >= 0.3 is 0 Å². The van der Waals surface area contributed by atoms with Crippen LogP contribution in [-0.2, 0) is 10.0 Å². The van der Waals surface area contributed by atoms with E-state index in [0.717, 1.165) is 45.4 Å². The first-order valence-corrected chi connectivity index (χ1v) is 12.8. The quantitative estimate of drug-likeness (QED) is 0.176. The lowest BCUT2D eigenvalue weighted by Gasteiger charge is -2.69. The van der Waals surface area contributed by atoms with E-state index in [1.165, 1.54) is 28.6 Å². The molecule has 4 rings (SSSR count). The van der Waals surface area contributed by atoms with Gasteiger partial charge in [0.05, 0.1) is 15.4 Å². The second-order valence-electron chi connectivity index (χ2n) is 9.66. The Hall–Kier alpha value is -2.24. The predicted molar refractivity (Wildman–Crippen MR) is 123 cm³/mol. The van der Waals surface area contributed by atoms with E-state index in [1.54, 1.807) is 0 Å². The van der Waals surface area contributed by atoms with Crippen molar-refractivity contribution >= 4 is 15.7 Å². The molecule has 0 amide bonds. The van der Waals surface area contributed by atoms with Crippen molar-refractivity contribution in [1.82, 2.24) is 14.1 Å². The van der Waals surface area contributed by atoms with Gasteiger partial charge in [-0.15, -0.1) is 0 Å². The van der Waals surface area contributed by atoms with Crippen LogP contribution in [-0.4, -0.2) is 83.3 Å². The van der Waals surface area contributed by atoms with Crippen LogP contribution in [0.3, 0.4) is 0 Å². The Morgan fingerprint density at radius 1 is 0.970 bits per heavy atom. The summed E-state index contributed by atoms with van der Waals surface area (Å²) in [6.07, 6.45) is 2.66. The first kappa shape index (κ1) is 23.9. The van der Waals surface area contributed by atoms with Gasteiger partial charge in [0.15, 0.2) is 0 Å². The second-order valence-corrected chi connectivity index (χ2v) is 11.6. The molecule has 3 heterocycles. The standard InChI is InChI=1S/C21H31N7O4S/c1-4-19(23-24-22)11-25(12-19)20(5-2)13-26(14-20)21(6-3)15-27(16-21)33(31,32)18-9-7-17(8-10-18)28(29)30/h7-10H,4-6,11-16H2,1-3H3. The van der Waals surface area contributed by atoms with Crippen molar-refractivity contribution in [1.29, 1.82) is 0 Å². The number of benzene rings is 1. The molecule has 0 radical (unpaired) electrons. The maximum atomic E-state index is 13.0. The summed E-state index contributed by atoms with van der Waals surface area (Å²) in [6, 6.07) is 5.06. The molecule has 33 heavy (non-hydrogen) atoms. The number of rotatable bonds is 9. The van der Waals surface area contributed by atoms with Crippen LogP contribution in [0.4, 0.5) is 5.69 Å². The molecule has 0 unspecified atom stereocenters. The van der Waals surface area contributed by atoms with Gasteiger partial charge in [0.1, 0.15) is 0 Å². The molecule has 3 aliphatic heterocycles. The summed E-state index contributed by atoms with van der Waals surface area (Å²) in [5, 5.41) is 14.9. The van der Waals surface area contributed by atoms with Gasteiger partial charge in [0.25, 0.3) is 5.69 Å². The smallest absolute Gasteiger partial charge is 0.269 e. The normalized spacial score (nSPS) is 24.1. The van der Waals surface area contributed by atoms with Crippen molar-refractivity contribution in [2.45, 2.75) is 61.5 Å². The maximum Gasteiger partial charge on any atom is 0.269 e. The van der Waals surface area contributed by atoms with Crippen LogP contribution in [0.1, 0.15) is 40.0 Å². The van der Waals surface area contributed by atoms with Crippen LogP contribution in [0.15, 0.2) is 34.3 Å². The number of hydrogen-bond donors (Lipinski definition) is 0.